The van der Waals surface area contributed by atoms with Gasteiger partial charge in [0.05, 0.1) is 0 Å². The maximum Gasteiger partial charge on any atom is 0.145 e. The second kappa shape index (κ2) is 5.33. The summed E-state index contributed by atoms with van der Waals surface area (Å²) in [7, 11) is 0. The Labute approximate surface area is 87.6 Å². The predicted molar refractivity (Wildman–Crippen MR) is 60.2 cm³/mol. The fourth-order valence-electron chi connectivity index (χ4n) is 2.75. The van der Waals surface area contributed by atoms with Crippen LogP contribution < -0.4 is 0 Å². The molecule has 14 heavy (non-hydrogen) atoms. The lowest BCUT2D eigenvalue weighted by molar-refractivity contribution is -0.105. The summed E-state index contributed by atoms with van der Waals surface area (Å²) >= 11 is 0. The van der Waals surface area contributed by atoms with Crippen LogP contribution in [-0.4, -0.2) is 6.29 Å². The lowest BCUT2D eigenvalue weighted by atomic mass is 9.75. The van der Waals surface area contributed by atoms with Crippen molar-refractivity contribution in [2.45, 2.75) is 58.8 Å². The minimum atomic E-state index is 0.453. The van der Waals surface area contributed by atoms with Gasteiger partial charge >= 0.3 is 0 Å². The van der Waals surface area contributed by atoms with Crippen LogP contribution in [0.15, 0.2) is 11.6 Å². The van der Waals surface area contributed by atoms with E-state index in [1.165, 1.54) is 38.5 Å². The number of allylic oxidation sites excluding steroid dienone is 2. The van der Waals surface area contributed by atoms with Crippen molar-refractivity contribution in [2.24, 2.45) is 5.41 Å². The highest BCUT2D eigenvalue weighted by atomic mass is 16.1. The monoisotopic (exact) mass is 194 g/mol. The van der Waals surface area contributed by atoms with Crippen LogP contribution in [0.4, 0.5) is 0 Å². The molecular weight excluding hydrogens is 172 g/mol. The topological polar surface area (TPSA) is 17.1 Å². The first-order valence-electron chi connectivity index (χ1n) is 6.02. The molecule has 0 heterocycles. The van der Waals surface area contributed by atoms with E-state index in [-0.39, 0.29) is 0 Å². The Morgan fingerprint density at radius 2 is 1.71 bits per heavy atom. The molecule has 2 aliphatic carbocycles. The van der Waals surface area contributed by atoms with E-state index in [1.807, 2.05) is 13.8 Å². The molecule has 0 bridgehead atoms. The Bertz CT molecular complexity index is 209. The molecule has 0 aromatic rings. The highest BCUT2D eigenvalue weighted by Crippen LogP contribution is 2.46. The van der Waals surface area contributed by atoms with Gasteiger partial charge in [-0.2, -0.15) is 0 Å². The van der Waals surface area contributed by atoms with Crippen LogP contribution in [0, 0.1) is 5.41 Å². The molecule has 1 fully saturated rings. The molecule has 0 radical (unpaired) electrons. The second-order valence-corrected chi connectivity index (χ2v) is 4.26. The number of hydrogen-bond acceptors (Lipinski definition) is 1. The van der Waals surface area contributed by atoms with Gasteiger partial charge in [-0.05, 0) is 43.1 Å². The number of hydrogen-bond donors (Lipinski definition) is 0. The SMILES string of the molecule is CC.O=CC1=CC2(CCCC2)CCC1. The van der Waals surface area contributed by atoms with Crippen LogP contribution in [0.25, 0.3) is 0 Å². The zero-order valence-electron chi connectivity index (χ0n) is 9.51. The second-order valence-electron chi connectivity index (χ2n) is 4.26. The third-order valence-corrected chi connectivity index (χ3v) is 3.38. The van der Waals surface area contributed by atoms with Crippen molar-refractivity contribution in [2.75, 3.05) is 0 Å². The molecule has 0 amide bonds. The van der Waals surface area contributed by atoms with Crippen molar-refractivity contribution in [3.8, 4) is 0 Å². The first-order valence-corrected chi connectivity index (χ1v) is 6.02. The van der Waals surface area contributed by atoms with E-state index < -0.39 is 0 Å². The van der Waals surface area contributed by atoms with Crippen LogP contribution in [0.3, 0.4) is 0 Å². The van der Waals surface area contributed by atoms with Gasteiger partial charge in [0.25, 0.3) is 0 Å². The van der Waals surface area contributed by atoms with Crippen molar-refractivity contribution < 1.29 is 4.79 Å². The molecular formula is C13H22O. The molecule has 0 unspecified atom stereocenters. The predicted octanol–water partition coefficient (Wildman–Crippen LogP) is 3.88. The summed E-state index contributed by atoms with van der Waals surface area (Å²) in [5.74, 6) is 0. The minimum Gasteiger partial charge on any atom is -0.298 e. The van der Waals surface area contributed by atoms with Crippen LogP contribution in [0.2, 0.25) is 0 Å². The van der Waals surface area contributed by atoms with E-state index in [1.54, 1.807) is 0 Å². The fraction of sp³-hybridized carbons (Fsp3) is 0.769. The van der Waals surface area contributed by atoms with Crippen LogP contribution in [0.1, 0.15) is 58.8 Å². The lowest BCUT2D eigenvalue weighted by Gasteiger charge is -2.29. The maximum atomic E-state index is 10.6. The largest absolute Gasteiger partial charge is 0.298 e. The van der Waals surface area contributed by atoms with E-state index in [2.05, 4.69) is 6.08 Å². The number of aldehydes is 1. The summed E-state index contributed by atoms with van der Waals surface area (Å²) in [6, 6.07) is 0. The van der Waals surface area contributed by atoms with Gasteiger partial charge in [0.15, 0.2) is 0 Å². The molecule has 0 N–H and O–H groups in total. The molecule has 1 nitrogen and oxygen atoms in total. The molecule has 0 aromatic heterocycles. The van der Waals surface area contributed by atoms with Crippen molar-refractivity contribution in [3.63, 3.8) is 0 Å². The van der Waals surface area contributed by atoms with E-state index >= 15 is 0 Å². The Balaban J connectivity index is 0.000000461. The summed E-state index contributed by atoms with van der Waals surface area (Å²) < 4.78 is 0. The molecule has 0 saturated heterocycles. The van der Waals surface area contributed by atoms with Gasteiger partial charge < -0.3 is 0 Å². The van der Waals surface area contributed by atoms with Crippen LogP contribution >= 0.6 is 0 Å². The average Bonchev–Trinajstić information content (AvgIpc) is 2.69. The Hall–Kier alpha value is -0.590. The molecule has 80 valence electrons. The Morgan fingerprint density at radius 3 is 2.29 bits per heavy atom. The smallest absolute Gasteiger partial charge is 0.145 e. The molecule has 1 spiro atoms. The van der Waals surface area contributed by atoms with Gasteiger partial charge in [-0.25, -0.2) is 0 Å². The van der Waals surface area contributed by atoms with Crippen LogP contribution in [0.5, 0.6) is 0 Å². The van der Waals surface area contributed by atoms with Crippen molar-refractivity contribution in [1.29, 1.82) is 0 Å². The van der Waals surface area contributed by atoms with E-state index in [0.717, 1.165) is 18.3 Å². The average molecular weight is 194 g/mol. The van der Waals surface area contributed by atoms with Crippen molar-refractivity contribution in [1.82, 2.24) is 0 Å². The van der Waals surface area contributed by atoms with Gasteiger partial charge in [0, 0.05) is 0 Å². The first-order chi connectivity index (χ1) is 6.85. The van der Waals surface area contributed by atoms with Gasteiger partial charge in [-0.3, -0.25) is 4.79 Å². The van der Waals surface area contributed by atoms with E-state index in [0.29, 0.717) is 5.41 Å². The van der Waals surface area contributed by atoms with Crippen molar-refractivity contribution >= 4 is 6.29 Å². The van der Waals surface area contributed by atoms with Crippen molar-refractivity contribution in [3.05, 3.63) is 11.6 Å². The lowest BCUT2D eigenvalue weighted by Crippen LogP contribution is -2.17. The zero-order valence-corrected chi connectivity index (χ0v) is 9.51. The van der Waals surface area contributed by atoms with Gasteiger partial charge in [-0.1, -0.05) is 32.8 Å². The molecule has 0 aromatic carbocycles. The van der Waals surface area contributed by atoms with Gasteiger partial charge in [-0.15, -0.1) is 0 Å². The number of rotatable bonds is 1. The highest BCUT2D eigenvalue weighted by Gasteiger charge is 2.33. The standard InChI is InChI=1S/C11H16O.C2H6/c12-9-10-4-3-7-11(8-10)5-1-2-6-11;1-2/h8-9H,1-7H2;1-2H3. The third-order valence-electron chi connectivity index (χ3n) is 3.38. The summed E-state index contributed by atoms with van der Waals surface area (Å²) in [5.41, 5.74) is 1.51. The zero-order chi connectivity index (χ0) is 10.4. The molecule has 1 saturated carbocycles. The van der Waals surface area contributed by atoms with Crippen LogP contribution in [-0.2, 0) is 4.79 Å². The Kier molecular flexibility index (Phi) is 4.37. The molecule has 2 aliphatic rings. The molecule has 0 atom stereocenters. The summed E-state index contributed by atoms with van der Waals surface area (Å²) in [6.45, 7) is 4.00. The molecule has 2 rings (SSSR count). The quantitative estimate of drug-likeness (QED) is 0.579. The fourth-order valence-corrected chi connectivity index (χ4v) is 2.75. The molecule has 0 aliphatic heterocycles. The Morgan fingerprint density at radius 1 is 1.14 bits per heavy atom. The minimum absolute atomic E-state index is 0.453. The summed E-state index contributed by atoms with van der Waals surface area (Å²) in [5, 5.41) is 0. The van der Waals surface area contributed by atoms with Gasteiger partial charge in [0.1, 0.15) is 6.29 Å². The molecule has 1 heteroatoms. The first kappa shape index (κ1) is 11.5. The number of carbonyl (C=O) groups is 1. The van der Waals surface area contributed by atoms with E-state index in [9.17, 15) is 4.79 Å². The summed E-state index contributed by atoms with van der Waals surface area (Å²) in [4.78, 5) is 10.6. The summed E-state index contributed by atoms with van der Waals surface area (Å²) in [6.07, 6.45) is 12.3. The third kappa shape index (κ3) is 2.46. The highest BCUT2D eigenvalue weighted by molar-refractivity contribution is 5.73. The maximum absolute atomic E-state index is 10.6. The van der Waals surface area contributed by atoms with E-state index in [4.69, 9.17) is 0 Å². The van der Waals surface area contributed by atoms with Gasteiger partial charge in [0.2, 0.25) is 0 Å². The number of carbonyl (C=O) groups excluding carboxylic acids is 1. The normalized spacial score (nSPS) is 23.7.